The minimum absolute atomic E-state index is 0.240. The molecule has 7 rings (SSSR count). The van der Waals surface area contributed by atoms with Crippen LogP contribution in [0.2, 0.25) is 0 Å². The summed E-state index contributed by atoms with van der Waals surface area (Å²) < 4.78 is 6.09. The van der Waals surface area contributed by atoms with Crippen molar-refractivity contribution in [3.05, 3.63) is 105 Å². The first kappa shape index (κ1) is 22.9. The van der Waals surface area contributed by atoms with Crippen molar-refractivity contribution in [3.8, 4) is 0 Å². The predicted molar refractivity (Wildman–Crippen MR) is 134 cm³/mol. The number of ketones is 1. The van der Waals surface area contributed by atoms with Crippen LogP contribution < -0.4 is 0 Å². The van der Waals surface area contributed by atoms with Gasteiger partial charge in [-0.15, -0.1) is 0 Å². The normalized spacial score (nSPS) is 24.1. The lowest BCUT2D eigenvalue weighted by Crippen LogP contribution is -2.45. The Morgan fingerprint density at radius 2 is 1.25 bits per heavy atom. The Hall–Kier alpha value is -3.58. The number of Topliss-reactive ketones (excluding diaryl/α,β-unsaturated/α-hetero) is 1. The maximum Gasteiger partial charge on any atom is 0.329 e. The first-order valence-electron chi connectivity index (χ1n) is 11.9. The fourth-order valence-electron chi connectivity index (χ4n) is 6.16. The molecule has 0 aromatic heterocycles. The molecule has 1 fully saturated rings. The predicted octanol–water partition coefficient (Wildman–Crippen LogP) is 4.46. The lowest BCUT2D eigenvalue weighted by atomic mass is 9.55. The molecule has 1 heterocycles. The van der Waals surface area contributed by atoms with Gasteiger partial charge in [-0.25, -0.2) is 4.79 Å². The molecule has 0 saturated carbocycles. The van der Waals surface area contributed by atoms with Crippen LogP contribution in [0.4, 0.5) is 0 Å². The maximum atomic E-state index is 13.7. The third-order valence-electron chi connectivity index (χ3n) is 7.72. The van der Waals surface area contributed by atoms with Gasteiger partial charge in [0.15, 0.2) is 12.4 Å². The van der Waals surface area contributed by atoms with Crippen molar-refractivity contribution in [2.75, 3.05) is 6.61 Å². The van der Waals surface area contributed by atoms with Gasteiger partial charge in [0.2, 0.25) is 11.8 Å². The summed E-state index contributed by atoms with van der Waals surface area (Å²) in [5, 5.41) is 0. The highest BCUT2D eigenvalue weighted by Gasteiger charge is 2.62. The van der Waals surface area contributed by atoms with Gasteiger partial charge in [0.1, 0.15) is 6.04 Å². The van der Waals surface area contributed by atoms with Gasteiger partial charge in [0.25, 0.3) is 0 Å². The van der Waals surface area contributed by atoms with Crippen LogP contribution in [0.3, 0.4) is 0 Å². The van der Waals surface area contributed by atoms with Crippen molar-refractivity contribution in [2.24, 2.45) is 11.8 Å². The van der Waals surface area contributed by atoms with Crippen LogP contribution in [0.15, 0.2) is 77.3 Å². The van der Waals surface area contributed by atoms with E-state index in [2.05, 4.69) is 15.9 Å². The van der Waals surface area contributed by atoms with Crippen molar-refractivity contribution in [2.45, 2.75) is 24.8 Å². The summed E-state index contributed by atoms with van der Waals surface area (Å²) >= 11 is 3.32. The molecule has 3 atom stereocenters. The van der Waals surface area contributed by atoms with Gasteiger partial charge in [0.05, 0.1) is 11.8 Å². The van der Waals surface area contributed by atoms with Crippen LogP contribution >= 0.6 is 15.9 Å². The number of amides is 2. The standard InChI is InChI=1S/C29H22BrNO5/c1-15(29(35)36-14-22(32)16-10-12-17(30)13-11-16)31-27(33)25-23-18-6-2-3-7-19(18)24(26(25)28(31)34)21-9-5-4-8-20(21)23/h2-13,15,23-26H,14H2,1H3/t15-,23?,24?,25-,26-/m0/s1. The van der Waals surface area contributed by atoms with Crippen LogP contribution in [-0.4, -0.2) is 41.1 Å². The molecule has 180 valence electrons. The number of hydrogen-bond acceptors (Lipinski definition) is 5. The minimum atomic E-state index is -1.13. The molecule has 1 aliphatic heterocycles. The second kappa shape index (κ2) is 8.52. The molecule has 2 bridgehead atoms. The summed E-state index contributed by atoms with van der Waals surface area (Å²) in [5.41, 5.74) is 4.69. The zero-order valence-electron chi connectivity index (χ0n) is 19.4. The summed E-state index contributed by atoms with van der Waals surface area (Å²) in [4.78, 5) is 53.9. The lowest BCUT2D eigenvalue weighted by Gasteiger charge is -2.45. The van der Waals surface area contributed by atoms with E-state index in [0.29, 0.717) is 5.56 Å². The van der Waals surface area contributed by atoms with E-state index in [1.165, 1.54) is 6.92 Å². The Balaban J connectivity index is 1.26. The van der Waals surface area contributed by atoms with Crippen LogP contribution in [-0.2, 0) is 19.1 Å². The molecule has 4 aliphatic rings. The molecule has 0 N–H and O–H groups in total. The fourth-order valence-corrected chi connectivity index (χ4v) is 6.43. The van der Waals surface area contributed by atoms with Crippen LogP contribution in [0.25, 0.3) is 0 Å². The number of halogens is 1. The van der Waals surface area contributed by atoms with Gasteiger partial charge in [-0.05, 0) is 41.3 Å². The van der Waals surface area contributed by atoms with Crippen molar-refractivity contribution in [3.63, 3.8) is 0 Å². The van der Waals surface area contributed by atoms with Crippen LogP contribution in [0, 0.1) is 11.8 Å². The van der Waals surface area contributed by atoms with Gasteiger partial charge < -0.3 is 4.74 Å². The number of imide groups is 1. The summed E-state index contributed by atoms with van der Waals surface area (Å²) in [5.74, 6) is -3.45. The van der Waals surface area contributed by atoms with Crippen molar-refractivity contribution < 1.29 is 23.9 Å². The lowest BCUT2D eigenvalue weighted by molar-refractivity contribution is -0.157. The SMILES string of the molecule is C[C@@H](C(=O)OCC(=O)c1ccc(Br)cc1)N1C(=O)[C@H]2C3c4ccccc4C(c4ccccc43)[C@@H]2C1=O. The third-order valence-corrected chi connectivity index (χ3v) is 8.25. The Morgan fingerprint density at radius 3 is 1.69 bits per heavy atom. The van der Waals surface area contributed by atoms with E-state index in [-0.39, 0.29) is 29.4 Å². The molecule has 36 heavy (non-hydrogen) atoms. The first-order chi connectivity index (χ1) is 17.4. The molecule has 7 heteroatoms. The Kier molecular flexibility index (Phi) is 5.41. The first-order valence-corrected chi connectivity index (χ1v) is 12.7. The molecule has 2 amide bonds. The molecule has 3 aliphatic carbocycles. The highest BCUT2D eigenvalue weighted by molar-refractivity contribution is 9.10. The summed E-state index contributed by atoms with van der Waals surface area (Å²) in [6, 6.07) is 21.6. The Bertz CT molecular complexity index is 1320. The van der Waals surface area contributed by atoms with E-state index in [1.807, 2.05) is 48.5 Å². The molecule has 3 aromatic carbocycles. The number of carbonyl (C=O) groups is 4. The fraction of sp³-hybridized carbons (Fsp3) is 0.241. The van der Waals surface area contributed by atoms with Gasteiger partial charge in [0, 0.05) is 21.9 Å². The summed E-state index contributed by atoms with van der Waals surface area (Å²) in [7, 11) is 0. The third kappa shape index (κ3) is 3.29. The number of rotatable bonds is 5. The van der Waals surface area contributed by atoms with Gasteiger partial charge in [-0.3, -0.25) is 19.3 Å². The van der Waals surface area contributed by atoms with E-state index in [9.17, 15) is 19.2 Å². The molecule has 1 saturated heterocycles. The van der Waals surface area contributed by atoms with E-state index in [4.69, 9.17) is 4.74 Å². The molecule has 6 nitrogen and oxygen atoms in total. The summed E-state index contributed by atoms with van der Waals surface area (Å²) in [6.45, 7) is 1.03. The number of carbonyl (C=O) groups excluding carboxylic acids is 4. The topological polar surface area (TPSA) is 80.8 Å². The van der Waals surface area contributed by atoms with Crippen LogP contribution in [0.5, 0.6) is 0 Å². The highest BCUT2D eigenvalue weighted by Crippen LogP contribution is 2.61. The molecular formula is C29H22BrNO5. The summed E-state index contributed by atoms with van der Waals surface area (Å²) in [6.07, 6.45) is 0. The van der Waals surface area contributed by atoms with Crippen molar-refractivity contribution in [1.29, 1.82) is 0 Å². The van der Waals surface area contributed by atoms with Gasteiger partial charge >= 0.3 is 5.97 Å². The largest absolute Gasteiger partial charge is 0.456 e. The Labute approximate surface area is 216 Å². The van der Waals surface area contributed by atoms with Crippen molar-refractivity contribution >= 4 is 39.5 Å². The number of nitrogens with zero attached hydrogens (tertiary/aromatic N) is 1. The number of hydrogen-bond donors (Lipinski definition) is 0. The van der Waals surface area contributed by atoms with Crippen molar-refractivity contribution in [1.82, 2.24) is 4.90 Å². The Morgan fingerprint density at radius 1 is 0.806 bits per heavy atom. The van der Waals surface area contributed by atoms with E-state index in [1.54, 1.807) is 24.3 Å². The van der Waals surface area contributed by atoms with E-state index in [0.717, 1.165) is 31.6 Å². The number of esters is 1. The van der Waals surface area contributed by atoms with Crippen LogP contribution in [0.1, 0.15) is 51.4 Å². The molecule has 0 unspecified atom stereocenters. The smallest absolute Gasteiger partial charge is 0.329 e. The number of likely N-dealkylation sites (tertiary alicyclic amines) is 1. The molecule has 3 aromatic rings. The van der Waals surface area contributed by atoms with Gasteiger partial charge in [-0.1, -0.05) is 76.6 Å². The number of ether oxygens (including phenoxy) is 1. The molecule has 0 radical (unpaired) electrons. The minimum Gasteiger partial charge on any atom is -0.456 e. The zero-order valence-corrected chi connectivity index (χ0v) is 21.0. The zero-order chi connectivity index (χ0) is 25.1. The quantitative estimate of drug-likeness (QED) is 0.269. The average molecular weight is 544 g/mol. The molecular weight excluding hydrogens is 522 g/mol. The second-order valence-electron chi connectivity index (χ2n) is 9.52. The van der Waals surface area contributed by atoms with E-state index >= 15 is 0 Å². The van der Waals surface area contributed by atoms with Gasteiger partial charge in [-0.2, -0.15) is 0 Å². The van der Waals surface area contributed by atoms with E-state index < -0.39 is 30.5 Å². The number of benzene rings is 3. The maximum absolute atomic E-state index is 13.7. The second-order valence-corrected chi connectivity index (χ2v) is 10.4. The highest BCUT2D eigenvalue weighted by atomic mass is 79.9. The average Bonchev–Trinajstić information content (AvgIpc) is 3.17. The monoisotopic (exact) mass is 543 g/mol. The molecule has 0 spiro atoms.